The van der Waals surface area contributed by atoms with Gasteiger partial charge in [0, 0.05) is 12.4 Å². The smallest absolute Gasteiger partial charge is 0.344 e. The molecule has 3 aromatic rings. The van der Waals surface area contributed by atoms with Crippen molar-refractivity contribution in [3.63, 3.8) is 0 Å². The van der Waals surface area contributed by atoms with Crippen LogP contribution in [0, 0.1) is 0 Å². The van der Waals surface area contributed by atoms with E-state index in [4.69, 9.17) is 0 Å². The van der Waals surface area contributed by atoms with Gasteiger partial charge in [0.05, 0.1) is 6.04 Å². The van der Waals surface area contributed by atoms with Crippen LogP contribution in [-0.2, 0) is 17.5 Å². The summed E-state index contributed by atoms with van der Waals surface area (Å²) in [6.07, 6.45) is 0.944. The largest absolute Gasteiger partial charge is 0.435 e. The van der Waals surface area contributed by atoms with Gasteiger partial charge in [0.1, 0.15) is 6.54 Å². The van der Waals surface area contributed by atoms with E-state index in [1.54, 1.807) is 28.4 Å². The molecule has 0 saturated heterocycles. The molecular weight excluding hydrogens is 381 g/mol. The molecule has 0 fully saturated rings. The van der Waals surface area contributed by atoms with E-state index in [0.717, 1.165) is 22.7 Å². The quantitative estimate of drug-likeness (QED) is 0.662. The van der Waals surface area contributed by atoms with Gasteiger partial charge in [-0.25, -0.2) is 0 Å². The Morgan fingerprint density at radius 3 is 2.78 bits per heavy atom. The van der Waals surface area contributed by atoms with Gasteiger partial charge in [-0.15, -0.1) is 10.2 Å². The molecule has 1 atom stereocenters. The van der Waals surface area contributed by atoms with E-state index >= 15 is 0 Å². The third kappa shape index (κ3) is 4.59. The number of thioether (sulfide) groups is 1. The minimum Gasteiger partial charge on any atom is -0.344 e. The Bertz CT molecular complexity index is 922. The van der Waals surface area contributed by atoms with Crippen LogP contribution >= 0.6 is 11.8 Å². The van der Waals surface area contributed by atoms with Crippen molar-refractivity contribution in [1.82, 2.24) is 29.7 Å². The molecule has 11 heteroatoms. The number of pyridine rings is 1. The number of halogens is 3. The van der Waals surface area contributed by atoms with Crippen LogP contribution < -0.4 is 5.32 Å². The Labute approximate surface area is 157 Å². The Hall–Kier alpha value is -2.56. The lowest BCUT2D eigenvalue weighted by atomic mass is 10.2. The highest BCUT2D eigenvalue weighted by Crippen LogP contribution is 2.27. The fourth-order valence-electron chi connectivity index (χ4n) is 2.59. The van der Waals surface area contributed by atoms with Crippen molar-refractivity contribution < 1.29 is 18.0 Å². The molecule has 1 N–H and O–H groups in total. The zero-order valence-electron chi connectivity index (χ0n) is 14.3. The van der Waals surface area contributed by atoms with Crippen molar-refractivity contribution in [2.75, 3.05) is 12.0 Å². The number of amides is 1. The Balaban J connectivity index is 1.74. The molecule has 3 heterocycles. The van der Waals surface area contributed by atoms with Gasteiger partial charge in [-0.3, -0.25) is 13.9 Å². The number of fused-ring (bicyclic) bond motifs is 1. The summed E-state index contributed by atoms with van der Waals surface area (Å²) < 4.78 is 40.6. The summed E-state index contributed by atoms with van der Waals surface area (Å²) in [6, 6.07) is 5.88. The van der Waals surface area contributed by atoms with Crippen molar-refractivity contribution >= 4 is 23.3 Å². The first-order valence-electron chi connectivity index (χ1n) is 8.07. The summed E-state index contributed by atoms with van der Waals surface area (Å²) in [5.41, 5.74) is -0.379. The maximum absolute atomic E-state index is 12.6. The van der Waals surface area contributed by atoms with Gasteiger partial charge < -0.3 is 5.32 Å². The zero-order valence-corrected chi connectivity index (χ0v) is 15.2. The topological polar surface area (TPSA) is 77.1 Å². The second kappa shape index (κ2) is 7.99. The van der Waals surface area contributed by atoms with Gasteiger partial charge in [0.2, 0.25) is 5.91 Å². The molecule has 0 saturated carbocycles. The lowest BCUT2D eigenvalue weighted by molar-refractivity contribution is -0.141. The number of hydrogen-bond donors (Lipinski definition) is 1. The lowest BCUT2D eigenvalue weighted by Crippen LogP contribution is -2.33. The van der Waals surface area contributed by atoms with Gasteiger partial charge in [-0.2, -0.15) is 30.0 Å². The number of aromatic nitrogens is 5. The summed E-state index contributed by atoms with van der Waals surface area (Å²) in [6.45, 7) is -0.317. The number of nitrogens with zero attached hydrogens (tertiary/aromatic N) is 5. The molecular formula is C16H17F3N6OS. The van der Waals surface area contributed by atoms with Crippen LogP contribution in [0.15, 0.2) is 36.7 Å². The third-order valence-electron chi connectivity index (χ3n) is 3.83. The number of alkyl halides is 3. The summed E-state index contributed by atoms with van der Waals surface area (Å²) in [5.74, 6) is 0.891. The number of rotatable bonds is 7. The fourth-order valence-corrected chi connectivity index (χ4v) is 3.06. The summed E-state index contributed by atoms with van der Waals surface area (Å²) >= 11 is 1.62. The molecule has 0 aliphatic carbocycles. The minimum absolute atomic E-state index is 0.317. The molecule has 1 unspecified atom stereocenters. The van der Waals surface area contributed by atoms with Crippen molar-refractivity contribution in [1.29, 1.82) is 0 Å². The van der Waals surface area contributed by atoms with Crippen LogP contribution in [0.1, 0.15) is 24.0 Å². The fraction of sp³-hybridized carbons (Fsp3) is 0.375. The number of carbonyl (C=O) groups excluding carboxylic acids is 1. The highest BCUT2D eigenvalue weighted by molar-refractivity contribution is 7.98. The van der Waals surface area contributed by atoms with E-state index in [1.807, 2.05) is 18.4 Å². The maximum Gasteiger partial charge on any atom is 0.435 e. The van der Waals surface area contributed by atoms with Crippen LogP contribution in [0.3, 0.4) is 0 Å². The normalized spacial score (nSPS) is 13.0. The Kier molecular flexibility index (Phi) is 5.68. The summed E-state index contributed by atoms with van der Waals surface area (Å²) in [4.78, 5) is 12.4. The lowest BCUT2D eigenvalue weighted by Gasteiger charge is -2.17. The number of carbonyl (C=O) groups is 1. The standard InChI is InChI=1S/C16H17F3N6OS/c1-27-9-6-11(15-22-21-13-4-2-3-7-25(13)15)20-14(26)10-24-8-5-12(23-24)16(17,18)19/h2-5,7-8,11H,6,9-10H2,1H3,(H,20,26). The van der Waals surface area contributed by atoms with E-state index in [1.165, 1.54) is 0 Å². The highest BCUT2D eigenvalue weighted by atomic mass is 32.2. The molecule has 27 heavy (non-hydrogen) atoms. The van der Waals surface area contributed by atoms with Crippen LogP contribution in [-0.4, -0.2) is 42.3 Å². The summed E-state index contributed by atoms with van der Waals surface area (Å²) in [5, 5.41) is 14.5. The molecule has 0 aliphatic heterocycles. The van der Waals surface area contributed by atoms with Gasteiger partial charge in [-0.05, 0) is 36.6 Å². The predicted molar refractivity (Wildman–Crippen MR) is 94.1 cm³/mol. The Morgan fingerprint density at radius 1 is 1.26 bits per heavy atom. The monoisotopic (exact) mass is 398 g/mol. The average molecular weight is 398 g/mol. The zero-order chi connectivity index (χ0) is 19.4. The van der Waals surface area contributed by atoms with Crippen LogP contribution in [0.25, 0.3) is 5.65 Å². The van der Waals surface area contributed by atoms with E-state index in [9.17, 15) is 18.0 Å². The van der Waals surface area contributed by atoms with Crippen molar-refractivity contribution in [3.8, 4) is 0 Å². The average Bonchev–Trinajstić information content (AvgIpc) is 3.25. The highest BCUT2D eigenvalue weighted by Gasteiger charge is 2.33. The molecule has 0 radical (unpaired) electrons. The number of nitrogens with one attached hydrogen (secondary N) is 1. The SMILES string of the molecule is CSCCC(NC(=O)Cn1ccc(C(F)(F)F)n1)c1nnc2ccccn12. The third-order valence-corrected chi connectivity index (χ3v) is 4.48. The van der Waals surface area contributed by atoms with Crippen LogP contribution in [0.4, 0.5) is 13.2 Å². The molecule has 3 rings (SSSR count). The van der Waals surface area contributed by atoms with E-state index in [2.05, 4.69) is 20.6 Å². The molecule has 0 spiro atoms. The first-order chi connectivity index (χ1) is 12.9. The second-order valence-electron chi connectivity index (χ2n) is 5.78. The first kappa shape index (κ1) is 19.2. The molecule has 0 bridgehead atoms. The molecule has 0 aliphatic rings. The van der Waals surface area contributed by atoms with Crippen molar-refractivity contribution in [2.45, 2.75) is 25.2 Å². The van der Waals surface area contributed by atoms with Gasteiger partial charge in [0.25, 0.3) is 0 Å². The van der Waals surface area contributed by atoms with Gasteiger partial charge in [-0.1, -0.05) is 6.07 Å². The van der Waals surface area contributed by atoms with Gasteiger partial charge in [0.15, 0.2) is 17.2 Å². The molecule has 0 aromatic carbocycles. The molecule has 3 aromatic heterocycles. The van der Waals surface area contributed by atoms with Crippen molar-refractivity contribution in [2.24, 2.45) is 0 Å². The van der Waals surface area contributed by atoms with Crippen LogP contribution in [0.5, 0.6) is 0 Å². The predicted octanol–water partition coefficient (Wildman–Crippen LogP) is 2.56. The minimum atomic E-state index is -4.54. The first-order valence-corrected chi connectivity index (χ1v) is 9.46. The van der Waals surface area contributed by atoms with E-state index in [0.29, 0.717) is 17.9 Å². The van der Waals surface area contributed by atoms with Crippen molar-refractivity contribution in [3.05, 3.63) is 48.2 Å². The van der Waals surface area contributed by atoms with E-state index in [-0.39, 0.29) is 6.54 Å². The van der Waals surface area contributed by atoms with Crippen LogP contribution in [0.2, 0.25) is 0 Å². The second-order valence-corrected chi connectivity index (χ2v) is 6.77. The molecule has 7 nitrogen and oxygen atoms in total. The molecule has 1 amide bonds. The van der Waals surface area contributed by atoms with E-state index < -0.39 is 23.8 Å². The molecule has 144 valence electrons. The summed E-state index contributed by atoms with van der Waals surface area (Å²) in [7, 11) is 0. The Morgan fingerprint density at radius 2 is 2.07 bits per heavy atom. The number of hydrogen-bond acceptors (Lipinski definition) is 5. The van der Waals surface area contributed by atoms with Gasteiger partial charge >= 0.3 is 6.18 Å². The maximum atomic E-state index is 12.6.